The molecule has 72 valence electrons. The van der Waals surface area contributed by atoms with E-state index >= 15 is 0 Å². The molecule has 0 fully saturated rings. The fourth-order valence-corrected chi connectivity index (χ4v) is 0.660. The van der Waals surface area contributed by atoms with Gasteiger partial charge >= 0.3 is 5.97 Å². The van der Waals surface area contributed by atoms with E-state index in [1.807, 2.05) is 13.8 Å². The maximum absolute atomic E-state index is 10.9. The van der Waals surface area contributed by atoms with Gasteiger partial charge in [0, 0.05) is 11.4 Å². The van der Waals surface area contributed by atoms with Crippen molar-refractivity contribution in [3.05, 3.63) is 0 Å². The van der Waals surface area contributed by atoms with Crippen LogP contribution in [-0.2, 0) is 14.3 Å². The third-order valence-electron chi connectivity index (χ3n) is 1.29. The van der Waals surface area contributed by atoms with E-state index in [-0.39, 0.29) is 17.4 Å². The van der Waals surface area contributed by atoms with Crippen LogP contribution in [0.4, 0.5) is 0 Å². The highest BCUT2D eigenvalue weighted by Gasteiger charge is 2.05. The number of carbonyl (C=O) groups is 1. The van der Waals surface area contributed by atoms with Crippen LogP contribution in [0.1, 0.15) is 20.3 Å². The summed E-state index contributed by atoms with van der Waals surface area (Å²) in [6, 6.07) is 0. The minimum atomic E-state index is -0.297. The molecule has 0 spiro atoms. The first-order chi connectivity index (χ1) is 5.70. The number of hydrogen-bond acceptors (Lipinski definition) is 3. The van der Waals surface area contributed by atoms with Crippen LogP contribution in [0.3, 0.4) is 0 Å². The van der Waals surface area contributed by atoms with Crippen molar-refractivity contribution < 1.29 is 14.3 Å². The molecule has 0 aliphatic rings. The first-order valence-electron chi connectivity index (χ1n) is 4.08. The van der Waals surface area contributed by atoms with E-state index in [1.54, 1.807) is 0 Å². The van der Waals surface area contributed by atoms with Crippen molar-refractivity contribution >= 4 is 21.9 Å². The zero-order chi connectivity index (χ0) is 9.40. The Morgan fingerprint density at radius 2 is 2.17 bits per heavy atom. The zero-order valence-corrected chi connectivity index (χ0v) is 9.09. The van der Waals surface area contributed by atoms with Crippen LogP contribution in [0.15, 0.2) is 0 Å². The lowest BCUT2D eigenvalue weighted by Crippen LogP contribution is -2.17. The Hall–Kier alpha value is -0.0900. The van der Waals surface area contributed by atoms with Crippen molar-refractivity contribution in [2.75, 3.05) is 19.8 Å². The minimum absolute atomic E-state index is 0.0555. The molecule has 0 heterocycles. The molecule has 0 aromatic carbocycles. The van der Waals surface area contributed by atoms with Crippen molar-refractivity contribution in [2.24, 2.45) is 0 Å². The molecule has 12 heavy (non-hydrogen) atoms. The van der Waals surface area contributed by atoms with E-state index in [0.29, 0.717) is 13.2 Å². The number of ether oxygens (including phenoxy) is 2. The van der Waals surface area contributed by atoms with E-state index < -0.39 is 0 Å². The number of rotatable bonds is 6. The van der Waals surface area contributed by atoms with Gasteiger partial charge in [-0.15, -0.1) is 0 Å². The van der Waals surface area contributed by atoms with Gasteiger partial charge in [0.15, 0.2) is 0 Å². The SMILES string of the molecule is CCOCC(=O)OCC(Br)CC. The fourth-order valence-electron chi connectivity index (χ4n) is 0.528. The predicted molar refractivity (Wildman–Crippen MR) is 50.5 cm³/mol. The monoisotopic (exact) mass is 238 g/mol. The lowest BCUT2D eigenvalue weighted by atomic mass is 10.4. The molecule has 0 rings (SSSR count). The summed E-state index contributed by atoms with van der Waals surface area (Å²) in [4.78, 5) is 11.1. The highest BCUT2D eigenvalue weighted by molar-refractivity contribution is 9.09. The second-order valence-corrected chi connectivity index (χ2v) is 3.62. The van der Waals surface area contributed by atoms with Crippen LogP contribution < -0.4 is 0 Å². The lowest BCUT2D eigenvalue weighted by Gasteiger charge is -2.07. The maximum atomic E-state index is 10.9. The van der Waals surface area contributed by atoms with Crippen molar-refractivity contribution in [3.8, 4) is 0 Å². The Morgan fingerprint density at radius 1 is 1.50 bits per heavy atom. The standard InChI is InChI=1S/C8H15BrO3/c1-3-7(9)5-12-8(10)6-11-4-2/h7H,3-6H2,1-2H3. The fraction of sp³-hybridized carbons (Fsp3) is 0.875. The van der Waals surface area contributed by atoms with E-state index in [1.165, 1.54) is 0 Å². The van der Waals surface area contributed by atoms with Crippen LogP contribution in [0.25, 0.3) is 0 Å². The molecule has 0 amide bonds. The van der Waals surface area contributed by atoms with Crippen molar-refractivity contribution in [1.82, 2.24) is 0 Å². The Morgan fingerprint density at radius 3 is 2.67 bits per heavy atom. The van der Waals surface area contributed by atoms with Gasteiger partial charge in [-0.05, 0) is 13.3 Å². The number of hydrogen-bond donors (Lipinski definition) is 0. The topological polar surface area (TPSA) is 35.5 Å². The number of carbonyl (C=O) groups excluding carboxylic acids is 1. The summed E-state index contributed by atoms with van der Waals surface area (Å²) in [5.74, 6) is -0.297. The summed E-state index contributed by atoms with van der Waals surface area (Å²) in [5, 5.41) is 0. The van der Waals surface area contributed by atoms with E-state index in [0.717, 1.165) is 6.42 Å². The van der Waals surface area contributed by atoms with Crippen molar-refractivity contribution in [2.45, 2.75) is 25.1 Å². The summed E-state index contributed by atoms with van der Waals surface area (Å²) < 4.78 is 9.76. The van der Waals surface area contributed by atoms with E-state index in [9.17, 15) is 4.79 Å². The van der Waals surface area contributed by atoms with Crippen LogP contribution in [0, 0.1) is 0 Å². The molecule has 0 N–H and O–H groups in total. The van der Waals surface area contributed by atoms with Crippen molar-refractivity contribution in [3.63, 3.8) is 0 Å². The molecule has 0 radical (unpaired) electrons. The summed E-state index contributed by atoms with van der Waals surface area (Å²) in [5.41, 5.74) is 0. The molecular formula is C8H15BrO3. The Kier molecular flexibility index (Phi) is 7.50. The molecule has 1 atom stereocenters. The average molecular weight is 239 g/mol. The molecule has 4 heteroatoms. The Balaban J connectivity index is 3.31. The Labute approximate surface area is 81.6 Å². The normalized spacial score (nSPS) is 12.6. The molecule has 0 aromatic heterocycles. The molecule has 0 saturated heterocycles. The predicted octanol–water partition coefficient (Wildman–Crippen LogP) is 1.74. The maximum Gasteiger partial charge on any atom is 0.332 e. The van der Waals surface area contributed by atoms with Gasteiger partial charge in [0.25, 0.3) is 0 Å². The van der Waals surface area contributed by atoms with Crippen molar-refractivity contribution in [1.29, 1.82) is 0 Å². The Bertz CT molecular complexity index is 127. The third-order valence-corrected chi connectivity index (χ3v) is 2.20. The number of halogens is 1. The summed E-state index contributed by atoms with van der Waals surface area (Å²) >= 11 is 3.36. The second kappa shape index (κ2) is 7.55. The lowest BCUT2D eigenvalue weighted by molar-refractivity contribution is -0.148. The molecule has 0 aliphatic carbocycles. The number of esters is 1. The smallest absolute Gasteiger partial charge is 0.332 e. The molecule has 0 aromatic rings. The van der Waals surface area contributed by atoms with Crippen LogP contribution >= 0.6 is 15.9 Å². The molecule has 0 saturated carbocycles. The first kappa shape index (κ1) is 11.9. The van der Waals surface area contributed by atoms with Gasteiger partial charge in [-0.3, -0.25) is 0 Å². The summed E-state index contributed by atoms with van der Waals surface area (Å²) in [6.07, 6.45) is 0.946. The van der Waals surface area contributed by atoms with Crippen LogP contribution in [0.2, 0.25) is 0 Å². The van der Waals surface area contributed by atoms with Gasteiger partial charge in [-0.25, -0.2) is 4.79 Å². The first-order valence-corrected chi connectivity index (χ1v) is 4.99. The van der Waals surface area contributed by atoms with Gasteiger partial charge in [0.2, 0.25) is 0 Å². The molecule has 3 nitrogen and oxygen atoms in total. The quantitative estimate of drug-likeness (QED) is 0.523. The molecule has 0 bridgehead atoms. The second-order valence-electron chi connectivity index (χ2n) is 2.33. The van der Waals surface area contributed by atoms with E-state index in [2.05, 4.69) is 15.9 Å². The van der Waals surface area contributed by atoms with Gasteiger partial charge in [-0.1, -0.05) is 22.9 Å². The average Bonchev–Trinajstić information content (AvgIpc) is 2.10. The highest BCUT2D eigenvalue weighted by atomic mass is 79.9. The zero-order valence-electron chi connectivity index (χ0n) is 7.51. The number of alkyl halides is 1. The van der Waals surface area contributed by atoms with E-state index in [4.69, 9.17) is 9.47 Å². The van der Waals surface area contributed by atoms with Gasteiger partial charge in [0.1, 0.15) is 13.2 Å². The molecule has 0 aliphatic heterocycles. The van der Waals surface area contributed by atoms with Gasteiger partial charge < -0.3 is 9.47 Å². The largest absolute Gasteiger partial charge is 0.463 e. The summed E-state index contributed by atoms with van der Waals surface area (Å²) in [7, 11) is 0. The van der Waals surface area contributed by atoms with Crippen LogP contribution in [0.5, 0.6) is 0 Å². The highest BCUT2D eigenvalue weighted by Crippen LogP contribution is 2.04. The molecular weight excluding hydrogens is 224 g/mol. The summed E-state index contributed by atoms with van der Waals surface area (Å²) in [6.45, 7) is 4.88. The molecule has 1 unspecified atom stereocenters. The minimum Gasteiger partial charge on any atom is -0.463 e. The third kappa shape index (κ3) is 6.61. The van der Waals surface area contributed by atoms with Gasteiger partial charge in [0.05, 0.1) is 0 Å². The van der Waals surface area contributed by atoms with Crippen LogP contribution in [-0.4, -0.2) is 30.6 Å². The van der Waals surface area contributed by atoms with Gasteiger partial charge in [-0.2, -0.15) is 0 Å².